The predicted octanol–water partition coefficient (Wildman–Crippen LogP) is 2.45. The summed E-state index contributed by atoms with van der Waals surface area (Å²) in [6.07, 6.45) is 0.599. The first-order valence-corrected chi connectivity index (χ1v) is 6.35. The average molecular weight is 255 g/mol. The molecule has 0 aliphatic carbocycles. The number of ether oxygens (including phenoxy) is 2. The molecule has 1 aliphatic heterocycles. The van der Waals surface area contributed by atoms with Gasteiger partial charge in [-0.15, -0.1) is 11.8 Å². The van der Waals surface area contributed by atoms with E-state index in [-0.39, 0.29) is 16.9 Å². The Hall–Kier alpha value is -1.11. The van der Waals surface area contributed by atoms with Crippen molar-refractivity contribution < 1.29 is 14.4 Å². The molecule has 0 atom stereocenters. The van der Waals surface area contributed by atoms with E-state index >= 15 is 0 Å². The van der Waals surface area contributed by atoms with Gasteiger partial charge in [-0.2, -0.15) is 0 Å². The second kappa shape index (κ2) is 6.00. The van der Waals surface area contributed by atoms with Gasteiger partial charge in [-0.25, -0.2) is 0 Å². The van der Waals surface area contributed by atoms with Gasteiger partial charge in [0.1, 0.15) is 0 Å². The summed E-state index contributed by atoms with van der Waals surface area (Å²) in [5, 5.41) is 10.8. The van der Waals surface area contributed by atoms with Gasteiger partial charge in [-0.05, 0) is 6.07 Å². The van der Waals surface area contributed by atoms with Crippen LogP contribution in [0, 0.1) is 10.1 Å². The number of nitro benzene ring substituents is 1. The fourth-order valence-corrected chi connectivity index (χ4v) is 2.56. The van der Waals surface area contributed by atoms with Crippen LogP contribution < -0.4 is 0 Å². The van der Waals surface area contributed by atoms with Crippen LogP contribution in [0.3, 0.4) is 0 Å². The lowest BCUT2D eigenvalue weighted by Gasteiger charge is -2.08. The summed E-state index contributed by atoms with van der Waals surface area (Å²) in [7, 11) is 0. The normalized spacial score (nSPS) is 16.2. The van der Waals surface area contributed by atoms with Crippen LogP contribution in [0.1, 0.15) is 6.42 Å². The van der Waals surface area contributed by atoms with E-state index in [0.717, 1.165) is 12.2 Å². The van der Waals surface area contributed by atoms with Crippen molar-refractivity contribution in [1.29, 1.82) is 0 Å². The minimum atomic E-state index is -0.356. The number of hydrogen-bond acceptors (Lipinski definition) is 5. The highest BCUT2D eigenvalue weighted by molar-refractivity contribution is 7.99. The maximum atomic E-state index is 10.8. The van der Waals surface area contributed by atoms with Gasteiger partial charge >= 0.3 is 0 Å². The van der Waals surface area contributed by atoms with Gasteiger partial charge in [0.2, 0.25) is 0 Å². The maximum absolute atomic E-state index is 10.8. The first-order valence-electron chi connectivity index (χ1n) is 5.37. The molecule has 6 heteroatoms. The van der Waals surface area contributed by atoms with Gasteiger partial charge in [0, 0.05) is 18.2 Å². The van der Waals surface area contributed by atoms with Crippen molar-refractivity contribution in [3.8, 4) is 0 Å². The third-order valence-electron chi connectivity index (χ3n) is 2.36. The first kappa shape index (κ1) is 12.3. The molecule has 0 N–H and O–H groups in total. The van der Waals surface area contributed by atoms with Crippen molar-refractivity contribution in [2.24, 2.45) is 0 Å². The minimum Gasteiger partial charge on any atom is -0.350 e. The van der Waals surface area contributed by atoms with E-state index in [2.05, 4.69) is 0 Å². The summed E-state index contributed by atoms with van der Waals surface area (Å²) in [5.74, 6) is 0.746. The van der Waals surface area contributed by atoms with E-state index in [1.165, 1.54) is 17.8 Å². The molecule has 1 aromatic carbocycles. The lowest BCUT2D eigenvalue weighted by molar-refractivity contribution is -0.387. The standard InChI is InChI=1S/C11H13NO4S/c13-12(14)9-3-1-2-4-10(9)17-8-5-11-15-6-7-16-11/h1-4,11H,5-8H2. The Labute approximate surface area is 103 Å². The Morgan fingerprint density at radius 2 is 2.06 bits per heavy atom. The molecule has 0 radical (unpaired) electrons. The van der Waals surface area contributed by atoms with E-state index < -0.39 is 0 Å². The molecule has 17 heavy (non-hydrogen) atoms. The second-order valence-corrected chi connectivity index (χ2v) is 4.67. The molecular formula is C11H13NO4S. The minimum absolute atomic E-state index is 0.148. The molecule has 1 heterocycles. The quantitative estimate of drug-likeness (QED) is 0.459. The molecule has 0 saturated carbocycles. The zero-order valence-electron chi connectivity index (χ0n) is 9.20. The molecule has 92 valence electrons. The van der Waals surface area contributed by atoms with E-state index in [9.17, 15) is 10.1 Å². The Balaban J connectivity index is 1.87. The molecule has 0 bridgehead atoms. The summed E-state index contributed by atoms with van der Waals surface area (Å²) >= 11 is 1.46. The van der Waals surface area contributed by atoms with Crippen molar-refractivity contribution in [3.05, 3.63) is 34.4 Å². The highest BCUT2D eigenvalue weighted by Gasteiger charge is 2.17. The van der Waals surface area contributed by atoms with Crippen LogP contribution in [0.4, 0.5) is 5.69 Å². The predicted molar refractivity (Wildman–Crippen MR) is 64.1 cm³/mol. The van der Waals surface area contributed by atoms with Gasteiger partial charge in [-0.3, -0.25) is 10.1 Å². The summed E-state index contributed by atoms with van der Waals surface area (Å²) < 4.78 is 10.6. The third kappa shape index (κ3) is 3.42. The molecule has 1 saturated heterocycles. The zero-order valence-corrected chi connectivity index (χ0v) is 10.0. The Morgan fingerprint density at radius 3 is 2.76 bits per heavy atom. The van der Waals surface area contributed by atoms with Crippen LogP contribution in [-0.2, 0) is 9.47 Å². The second-order valence-electron chi connectivity index (χ2n) is 3.53. The maximum Gasteiger partial charge on any atom is 0.282 e. The largest absolute Gasteiger partial charge is 0.350 e. The molecule has 1 aliphatic rings. The topological polar surface area (TPSA) is 61.6 Å². The summed E-state index contributed by atoms with van der Waals surface area (Å²) in [6.45, 7) is 1.28. The van der Waals surface area contributed by atoms with Crippen molar-refractivity contribution >= 4 is 17.4 Å². The lowest BCUT2D eigenvalue weighted by Crippen LogP contribution is -2.08. The Bertz CT molecular complexity index is 393. The monoisotopic (exact) mass is 255 g/mol. The molecule has 0 spiro atoms. The number of rotatable bonds is 5. The summed E-state index contributed by atoms with van der Waals surface area (Å²) in [5.41, 5.74) is 0.158. The van der Waals surface area contributed by atoms with Gasteiger partial charge in [0.15, 0.2) is 6.29 Å². The molecule has 5 nitrogen and oxygen atoms in total. The number of benzene rings is 1. The van der Waals surface area contributed by atoms with Gasteiger partial charge < -0.3 is 9.47 Å². The van der Waals surface area contributed by atoms with Crippen LogP contribution >= 0.6 is 11.8 Å². The van der Waals surface area contributed by atoms with Gasteiger partial charge in [-0.1, -0.05) is 12.1 Å². The fraction of sp³-hybridized carbons (Fsp3) is 0.455. The first-order chi connectivity index (χ1) is 8.27. The number of nitro groups is 1. The summed E-state index contributed by atoms with van der Waals surface area (Å²) in [6, 6.07) is 6.76. The SMILES string of the molecule is O=[N+]([O-])c1ccccc1SCCC1OCCO1. The smallest absolute Gasteiger partial charge is 0.282 e. The van der Waals surface area contributed by atoms with Crippen LogP contribution in [0.2, 0.25) is 0 Å². The highest BCUT2D eigenvalue weighted by Crippen LogP contribution is 2.29. The lowest BCUT2D eigenvalue weighted by atomic mass is 10.3. The van der Waals surface area contributed by atoms with E-state index in [1.54, 1.807) is 18.2 Å². The van der Waals surface area contributed by atoms with Crippen molar-refractivity contribution in [3.63, 3.8) is 0 Å². The number of nitrogens with zero attached hydrogens (tertiary/aromatic N) is 1. The van der Waals surface area contributed by atoms with Crippen LogP contribution in [-0.4, -0.2) is 30.2 Å². The molecule has 0 amide bonds. The van der Waals surface area contributed by atoms with E-state index in [0.29, 0.717) is 18.1 Å². The molecular weight excluding hydrogens is 242 g/mol. The zero-order chi connectivity index (χ0) is 12.1. The molecule has 1 aromatic rings. The van der Waals surface area contributed by atoms with Gasteiger partial charge in [0.25, 0.3) is 5.69 Å². The van der Waals surface area contributed by atoms with Crippen LogP contribution in [0.25, 0.3) is 0 Å². The van der Waals surface area contributed by atoms with Crippen LogP contribution in [0.5, 0.6) is 0 Å². The molecule has 0 unspecified atom stereocenters. The van der Waals surface area contributed by atoms with E-state index in [4.69, 9.17) is 9.47 Å². The molecule has 2 rings (SSSR count). The van der Waals surface area contributed by atoms with E-state index in [1.807, 2.05) is 0 Å². The number of para-hydroxylation sites is 1. The highest BCUT2D eigenvalue weighted by atomic mass is 32.2. The third-order valence-corrected chi connectivity index (χ3v) is 3.46. The number of thioether (sulfide) groups is 1. The van der Waals surface area contributed by atoms with Crippen LogP contribution in [0.15, 0.2) is 29.2 Å². The van der Waals surface area contributed by atoms with Crippen molar-refractivity contribution in [2.45, 2.75) is 17.6 Å². The number of hydrogen-bond donors (Lipinski definition) is 0. The van der Waals surface area contributed by atoms with Crippen molar-refractivity contribution in [1.82, 2.24) is 0 Å². The molecule has 0 aromatic heterocycles. The average Bonchev–Trinajstić information content (AvgIpc) is 2.82. The fourth-order valence-electron chi connectivity index (χ4n) is 1.57. The molecule has 1 fully saturated rings. The Morgan fingerprint density at radius 1 is 1.35 bits per heavy atom. The Kier molecular flexibility index (Phi) is 4.36. The summed E-state index contributed by atoms with van der Waals surface area (Å²) in [4.78, 5) is 11.1. The van der Waals surface area contributed by atoms with Gasteiger partial charge in [0.05, 0.1) is 23.0 Å². The van der Waals surface area contributed by atoms with Crippen molar-refractivity contribution in [2.75, 3.05) is 19.0 Å².